The lowest BCUT2D eigenvalue weighted by molar-refractivity contribution is -0.0197. The first kappa shape index (κ1) is 13.8. The number of hydrogen-bond donors (Lipinski definition) is 0. The standard InChI is InChI=1S/C17H20O2/c1-15(19-14-17-10-6-3-7-11-17)12-18-13-16-8-4-2-5-9-16/h2-11,15H,12-14H2,1H3/t15-/m0/s1. The molecule has 0 saturated heterocycles. The van der Waals surface area contributed by atoms with E-state index in [1.54, 1.807) is 0 Å². The molecule has 0 aromatic heterocycles. The molecule has 2 rings (SSSR count). The molecule has 19 heavy (non-hydrogen) atoms. The van der Waals surface area contributed by atoms with Crippen LogP contribution >= 0.6 is 0 Å². The largest absolute Gasteiger partial charge is 0.374 e. The molecule has 0 heterocycles. The Morgan fingerprint density at radius 3 is 1.89 bits per heavy atom. The highest BCUT2D eigenvalue weighted by molar-refractivity contribution is 5.14. The summed E-state index contributed by atoms with van der Waals surface area (Å²) < 4.78 is 11.4. The average Bonchev–Trinajstić information content (AvgIpc) is 2.47. The van der Waals surface area contributed by atoms with Gasteiger partial charge in [-0.1, -0.05) is 60.7 Å². The molecule has 0 aliphatic heterocycles. The smallest absolute Gasteiger partial charge is 0.0785 e. The van der Waals surface area contributed by atoms with Crippen molar-refractivity contribution in [3.8, 4) is 0 Å². The van der Waals surface area contributed by atoms with Gasteiger partial charge in [0, 0.05) is 0 Å². The van der Waals surface area contributed by atoms with Crippen LogP contribution in [0.5, 0.6) is 0 Å². The maximum atomic E-state index is 5.74. The van der Waals surface area contributed by atoms with Crippen LogP contribution in [0.1, 0.15) is 18.1 Å². The summed E-state index contributed by atoms with van der Waals surface area (Å²) in [6, 6.07) is 20.4. The van der Waals surface area contributed by atoms with E-state index in [1.165, 1.54) is 11.1 Å². The monoisotopic (exact) mass is 256 g/mol. The third-order valence-corrected chi connectivity index (χ3v) is 2.84. The van der Waals surface area contributed by atoms with Crippen LogP contribution in [0.2, 0.25) is 0 Å². The summed E-state index contributed by atoms with van der Waals surface area (Å²) >= 11 is 0. The van der Waals surface area contributed by atoms with Crippen molar-refractivity contribution in [1.29, 1.82) is 0 Å². The van der Waals surface area contributed by atoms with E-state index in [4.69, 9.17) is 9.47 Å². The lowest BCUT2D eigenvalue weighted by Gasteiger charge is -2.13. The van der Waals surface area contributed by atoms with Crippen LogP contribution in [0.15, 0.2) is 60.7 Å². The van der Waals surface area contributed by atoms with Crippen molar-refractivity contribution >= 4 is 0 Å². The molecule has 1 atom stereocenters. The fourth-order valence-corrected chi connectivity index (χ4v) is 1.78. The predicted molar refractivity (Wildman–Crippen MR) is 76.8 cm³/mol. The van der Waals surface area contributed by atoms with Crippen LogP contribution in [0.4, 0.5) is 0 Å². The number of ether oxygens (including phenoxy) is 2. The lowest BCUT2D eigenvalue weighted by atomic mass is 10.2. The van der Waals surface area contributed by atoms with Gasteiger partial charge in [0.15, 0.2) is 0 Å². The van der Waals surface area contributed by atoms with E-state index < -0.39 is 0 Å². The fourth-order valence-electron chi connectivity index (χ4n) is 1.78. The fraction of sp³-hybridized carbons (Fsp3) is 0.294. The van der Waals surface area contributed by atoms with E-state index >= 15 is 0 Å². The first-order valence-corrected chi connectivity index (χ1v) is 6.62. The molecule has 0 aliphatic carbocycles. The molecule has 2 nitrogen and oxygen atoms in total. The molecule has 0 unspecified atom stereocenters. The Bertz CT molecular complexity index is 453. The predicted octanol–water partition coefficient (Wildman–Crippen LogP) is 3.81. The van der Waals surface area contributed by atoms with Crippen molar-refractivity contribution in [3.63, 3.8) is 0 Å². The Balaban J connectivity index is 1.64. The van der Waals surface area contributed by atoms with Gasteiger partial charge in [0.1, 0.15) is 0 Å². The lowest BCUT2D eigenvalue weighted by Crippen LogP contribution is -2.15. The zero-order valence-electron chi connectivity index (χ0n) is 11.3. The first-order valence-electron chi connectivity index (χ1n) is 6.62. The third-order valence-electron chi connectivity index (χ3n) is 2.84. The topological polar surface area (TPSA) is 18.5 Å². The first-order chi connectivity index (χ1) is 9.34. The van der Waals surface area contributed by atoms with Crippen molar-refractivity contribution < 1.29 is 9.47 Å². The minimum absolute atomic E-state index is 0.101. The molecular weight excluding hydrogens is 236 g/mol. The Labute approximate surface area is 115 Å². The average molecular weight is 256 g/mol. The zero-order chi connectivity index (χ0) is 13.3. The van der Waals surface area contributed by atoms with Gasteiger partial charge >= 0.3 is 0 Å². The Morgan fingerprint density at radius 2 is 1.32 bits per heavy atom. The van der Waals surface area contributed by atoms with E-state index in [-0.39, 0.29) is 6.10 Å². The molecule has 0 amide bonds. The van der Waals surface area contributed by atoms with Gasteiger partial charge in [0.25, 0.3) is 0 Å². The molecule has 2 aromatic rings. The maximum absolute atomic E-state index is 5.74. The summed E-state index contributed by atoms with van der Waals surface area (Å²) in [5.41, 5.74) is 2.38. The van der Waals surface area contributed by atoms with E-state index in [2.05, 4.69) is 24.3 Å². The van der Waals surface area contributed by atoms with Crippen molar-refractivity contribution in [1.82, 2.24) is 0 Å². The van der Waals surface area contributed by atoms with Gasteiger partial charge in [-0.3, -0.25) is 0 Å². The summed E-state index contributed by atoms with van der Waals surface area (Å²) in [5, 5.41) is 0. The summed E-state index contributed by atoms with van der Waals surface area (Å²) in [5.74, 6) is 0. The summed E-state index contributed by atoms with van der Waals surface area (Å²) in [4.78, 5) is 0. The molecule has 100 valence electrons. The highest BCUT2D eigenvalue weighted by Gasteiger charge is 2.03. The van der Waals surface area contributed by atoms with Gasteiger partial charge in [-0.25, -0.2) is 0 Å². The SMILES string of the molecule is C[C@@H](COCc1ccccc1)OCc1ccccc1. The van der Waals surface area contributed by atoms with Crippen LogP contribution in [-0.2, 0) is 22.7 Å². The second kappa shape index (κ2) is 7.72. The highest BCUT2D eigenvalue weighted by Crippen LogP contribution is 2.05. The third kappa shape index (κ3) is 5.25. The van der Waals surface area contributed by atoms with Gasteiger partial charge < -0.3 is 9.47 Å². The second-order valence-corrected chi connectivity index (χ2v) is 4.61. The maximum Gasteiger partial charge on any atom is 0.0785 e. The Kier molecular flexibility index (Phi) is 5.60. The Hall–Kier alpha value is -1.64. The van der Waals surface area contributed by atoms with Crippen LogP contribution in [0.3, 0.4) is 0 Å². The van der Waals surface area contributed by atoms with E-state index in [1.807, 2.05) is 43.3 Å². The zero-order valence-corrected chi connectivity index (χ0v) is 11.3. The number of benzene rings is 2. The normalized spacial score (nSPS) is 12.3. The number of hydrogen-bond acceptors (Lipinski definition) is 2. The molecule has 2 aromatic carbocycles. The van der Waals surface area contributed by atoms with Crippen molar-refractivity contribution in [2.45, 2.75) is 26.2 Å². The second-order valence-electron chi connectivity index (χ2n) is 4.61. The van der Waals surface area contributed by atoms with Crippen LogP contribution in [0.25, 0.3) is 0 Å². The van der Waals surface area contributed by atoms with Crippen LogP contribution < -0.4 is 0 Å². The molecule has 0 bridgehead atoms. The molecule has 0 aliphatic rings. The van der Waals surface area contributed by atoms with Crippen LogP contribution in [-0.4, -0.2) is 12.7 Å². The van der Waals surface area contributed by atoms with Crippen molar-refractivity contribution in [2.75, 3.05) is 6.61 Å². The molecular formula is C17H20O2. The molecule has 0 spiro atoms. The van der Waals surface area contributed by atoms with E-state index in [0.29, 0.717) is 19.8 Å². The van der Waals surface area contributed by atoms with Gasteiger partial charge in [-0.15, -0.1) is 0 Å². The van der Waals surface area contributed by atoms with Gasteiger partial charge in [0.2, 0.25) is 0 Å². The van der Waals surface area contributed by atoms with Crippen molar-refractivity contribution in [3.05, 3.63) is 71.8 Å². The minimum atomic E-state index is 0.101. The summed E-state index contributed by atoms with van der Waals surface area (Å²) in [6.07, 6.45) is 0.101. The van der Waals surface area contributed by atoms with E-state index in [0.717, 1.165) is 0 Å². The highest BCUT2D eigenvalue weighted by atomic mass is 16.5. The molecule has 2 heteroatoms. The molecule has 0 fully saturated rings. The number of rotatable bonds is 7. The van der Waals surface area contributed by atoms with Crippen molar-refractivity contribution in [2.24, 2.45) is 0 Å². The quantitative estimate of drug-likeness (QED) is 0.750. The van der Waals surface area contributed by atoms with Gasteiger partial charge in [-0.2, -0.15) is 0 Å². The summed E-state index contributed by atoms with van der Waals surface area (Å²) in [6.45, 7) is 3.92. The summed E-state index contributed by atoms with van der Waals surface area (Å²) in [7, 11) is 0. The van der Waals surface area contributed by atoms with Gasteiger partial charge in [-0.05, 0) is 18.1 Å². The molecule has 0 radical (unpaired) electrons. The molecule has 0 N–H and O–H groups in total. The minimum Gasteiger partial charge on any atom is -0.374 e. The van der Waals surface area contributed by atoms with Gasteiger partial charge in [0.05, 0.1) is 25.9 Å². The Morgan fingerprint density at radius 1 is 0.789 bits per heavy atom. The van der Waals surface area contributed by atoms with E-state index in [9.17, 15) is 0 Å². The molecule has 0 saturated carbocycles. The van der Waals surface area contributed by atoms with Crippen LogP contribution in [0, 0.1) is 0 Å².